The number of nitrogens with one attached hydrogen (secondary N) is 2. The van der Waals surface area contributed by atoms with E-state index in [1.165, 1.54) is 29.3 Å². The van der Waals surface area contributed by atoms with E-state index in [4.69, 9.17) is 44.3 Å². The molecule has 40 heavy (non-hydrogen) atoms. The largest absolute Gasteiger partial charge is 0.473 e. The second-order valence-corrected chi connectivity index (χ2v) is 10.3. The lowest BCUT2D eigenvalue weighted by Crippen LogP contribution is -2.40. The number of aliphatic carboxylic acids is 4. The normalized spacial score (nSPS) is 17.4. The molecule has 0 radical (unpaired) electrons. The molecule has 0 spiro atoms. The van der Waals surface area contributed by atoms with E-state index < -0.39 is 33.9 Å². The van der Waals surface area contributed by atoms with Crippen LogP contribution in [-0.4, -0.2) is 126 Å². The van der Waals surface area contributed by atoms with E-state index in [1.807, 2.05) is 0 Å². The van der Waals surface area contributed by atoms with Gasteiger partial charge in [0, 0.05) is 31.4 Å². The van der Waals surface area contributed by atoms with Crippen molar-refractivity contribution in [3.8, 4) is 0 Å². The second-order valence-electron chi connectivity index (χ2n) is 8.37. The second kappa shape index (κ2) is 17.1. The third-order valence-corrected chi connectivity index (χ3v) is 7.60. The number of carboxylic acids is 4. The summed E-state index contributed by atoms with van der Waals surface area (Å²) in [6, 6.07) is 6.82. The van der Waals surface area contributed by atoms with Gasteiger partial charge in [0.2, 0.25) is 15.9 Å². The molecule has 2 heterocycles. The van der Waals surface area contributed by atoms with E-state index >= 15 is 0 Å². The van der Waals surface area contributed by atoms with Gasteiger partial charge in [-0.1, -0.05) is 6.92 Å². The molecule has 2 saturated heterocycles. The molecular formula is C23H34N4O12S. The molecule has 6 N–H and O–H groups in total. The number of carbonyl (C=O) groups excluding carboxylic acids is 1. The summed E-state index contributed by atoms with van der Waals surface area (Å²) >= 11 is 0. The highest BCUT2D eigenvalue weighted by atomic mass is 32.2. The summed E-state index contributed by atoms with van der Waals surface area (Å²) < 4.78 is 31.9. The van der Waals surface area contributed by atoms with Gasteiger partial charge in [-0.2, -0.15) is 4.31 Å². The van der Waals surface area contributed by atoms with E-state index in [-0.39, 0.29) is 17.3 Å². The van der Waals surface area contributed by atoms with Crippen molar-refractivity contribution in [2.75, 3.05) is 57.8 Å². The standard InChI is InChI=1S/C19H30N4O4S.2C2H2O4/c1-2-22-9-3-4-17(22)14-20-15-19(24)21-16-5-7-18(8-6-16)28(25,26)23-10-12-27-13-11-23;2*3-1(4)2(5)6/h5-8,17,20H,2-4,9-15H2,1H3,(H,21,24);2*(H,3,4)(H,5,6). The van der Waals surface area contributed by atoms with Crippen molar-refractivity contribution in [2.24, 2.45) is 0 Å². The summed E-state index contributed by atoms with van der Waals surface area (Å²) in [5.74, 6) is -7.43. The Morgan fingerprint density at radius 2 is 1.43 bits per heavy atom. The summed E-state index contributed by atoms with van der Waals surface area (Å²) in [6.45, 7) is 6.93. The lowest BCUT2D eigenvalue weighted by molar-refractivity contribution is -0.159. The maximum Gasteiger partial charge on any atom is 0.414 e. The van der Waals surface area contributed by atoms with Crippen LogP contribution in [-0.2, 0) is 38.7 Å². The number of hydrogen-bond donors (Lipinski definition) is 6. The lowest BCUT2D eigenvalue weighted by atomic mass is 10.2. The van der Waals surface area contributed by atoms with Crippen LogP contribution in [0.15, 0.2) is 29.2 Å². The number of likely N-dealkylation sites (N-methyl/N-ethyl adjacent to an activating group) is 1. The lowest BCUT2D eigenvalue weighted by Gasteiger charge is -2.26. The van der Waals surface area contributed by atoms with Crippen molar-refractivity contribution in [3.63, 3.8) is 0 Å². The van der Waals surface area contributed by atoms with E-state index in [2.05, 4.69) is 22.5 Å². The Balaban J connectivity index is 0.000000559. The van der Waals surface area contributed by atoms with Gasteiger partial charge in [0.15, 0.2) is 0 Å². The first-order valence-electron chi connectivity index (χ1n) is 12.1. The molecule has 0 aromatic heterocycles. The molecule has 1 aromatic rings. The number of benzene rings is 1. The van der Waals surface area contributed by atoms with Gasteiger partial charge in [0.05, 0.1) is 24.7 Å². The first kappa shape index (κ1) is 34.4. The Bertz CT molecular complexity index is 1070. The predicted octanol–water partition coefficient (Wildman–Crippen LogP) is -0.969. The maximum absolute atomic E-state index is 12.6. The highest BCUT2D eigenvalue weighted by Gasteiger charge is 2.26. The molecule has 0 bridgehead atoms. The summed E-state index contributed by atoms with van der Waals surface area (Å²) in [7, 11) is -3.52. The van der Waals surface area contributed by atoms with Gasteiger partial charge >= 0.3 is 23.9 Å². The van der Waals surface area contributed by atoms with Crippen LogP contribution in [0.2, 0.25) is 0 Å². The Morgan fingerprint density at radius 1 is 0.900 bits per heavy atom. The first-order valence-corrected chi connectivity index (χ1v) is 13.6. The summed E-state index contributed by atoms with van der Waals surface area (Å²) in [4.78, 5) is 51.2. The van der Waals surface area contributed by atoms with Gasteiger partial charge in [0.25, 0.3) is 0 Å². The first-order chi connectivity index (χ1) is 18.8. The van der Waals surface area contributed by atoms with Crippen LogP contribution >= 0.6 is 0 Å². The number of carboxylic acid groups (broad SMARTS) is 4. The van der Waals surface area contributed by atoms with Crippen LogP contribution in [0.3, 0.4) is 0 Å². The topological polar surface area (TPSA) is 240 Å². The van der Waals surface area contributed by atoms with Gasteiger partial charge in [0.1, 0.15) is 0 Å². The van der Waals surface area contributed by atoms with Crippen molar-refractivity contribution in [3.05, 3.63) is 24.3 Å². The molecular weight excluding hydrogens is 556 g/mol. The minimum atomic E-state index is -3.52. The summed E-state index contributed by atoms with van der Waals surface area (Å²) in [5.41, 5.74) is 0.587. The Kier molecular flexibility index (Phi) is 14.7. The molecule has 2 aliphatic rings. The van der Waals surface area contributed by atoms with Crippen molar-refractivity contribution >= 4 is 45.5 Å². The van der Waals surface area contributed by atoms with Crippen LogP contribution in [0.1, 0.15) is 19.8 Å². The molecule has 1 unspecified atom stereocenters. The number of rotatable bonds is 8. The van der Waals surface area contributed by atoms with Crippen LogP contribution in [0.4, 0.5) is 5.69 Å². The van der Waals surface area contributed by atoms with Crippen molar-refractivity contribution in [1.29, 1.82) is 0 Å². The van der Waals surface area contributed by atoms with Gasteiger partial charge in [-0.05, 0) is 50.2 Å². The molecule has 0 aliphatic carbocycles. The Labute approximate surface area is 230 Å². The summed E-state index contributed by atoms with van der Waals surface area (Å²) in [5, 5.41) is 35.6. The highest BCUT2D eigenvalue weighted by Crippen LogP contribution is 2.19. The number of hydrogen-bond acceptors (Lipinski definition) is 10. The number of anilines is 1. The van der Waals surface area contributed by atoms with E-state index in [0.29, 0.717) is 38.0 Å². The highest BCUT2D eigenvalue weighted by molar-refractivity contribution is 7.89. The van der Waals surface area contributed by atoms with E-state index in [0.717, 1.165) is 19.6 Å². The van der Waals surface area contributed by atoms with Crippen molar-refractivity contribution < 1.29 is 57.6 Å². The van der Waals surface area contributed by atoms with Gasteiger partial charge < -0.3 is 35.8 Å². The number of morpholine rings is 1. The third kappa shape index (κ3) is 12.0. The number of ether oxygens (including phenoxy) is 1. The zero-order chi connectivity index (χ0) is 30.3. The summed E-state index contributed by atoms with van der Waals surface area (Å²) in [6.07, 6.45) is 2.38. The molecule has 224 valence electrons. The fourth-order valence-corrected chi connectivity index (χ4v) is 5.15. The van der Waals surface area contributed by atoms with Crippen molar-refractivity contribution in [2.45, 2.75) is 30.7 Å². The monoisotopic (exact) mass is 590 g/mol. The maximum atomic E-state index is 12.6. The fraction of sp³-hybridized carbons (Fsp3) is 0.522. The van der Waals surface area contributed by atoms with Gasteiger partial charge in [-0.15, -0.1) is 0 Å². The van der Waals surface area contributed by atoms with Crippen LogP contribution in [0.25, 0.3) is 0 Å². The minimum absolute atomic E-state index is 0.134. The molecule has 3 rings (SSSR count). The van der Waals surface area contributed by atoms with E-state index in [1.54, 1.807) is 12.1 Å². The molecule has 2 fully saturated rings. The zero-order valence-corrected chi connectivity index (χ0v) is 22.6. The average molecular weight is 591 g/mol. The van der Waals surface area contributed by atoms with Crippen LogP contribution in [0.5, 0.6) is 0 Å². The molecule has 17 heteroatoms. The number of sulfonamides is 1. The molecule has 1 atom stereocenters. The number of likely N-dealkylation sites (tertiary alicyclic amines) is 1. The Hall–Kier alpha value is -3.64. The average Bonchev–Trinajstić information content (AvgIpc) is 3.37. The number of carbonyl (C=O) groups is 5. The predicted molar refractivity (Wildman–Crippen MR) is 138 cm³/mol. The SMILES string of the molecule is CCN1CCCC1CNCC(=O)Nc1ccc(S(=O)(=O)N2CCOCC2)cc1.O=C(O)C(=O)O.O=C(O)C(=O)O. The van der Waals surface area contributed by atoms with Crippen molar-refractivity contribution in [1.82, 2.24) is 14.5 Å². The quantitative estimate of drug-likeness (QED) is 0.200. The minimum Gasteiger partial charge on any atom is -0.473 e. The van der Waals surface area contributed by atoms with E-state index in [9.17, 15) is 13.2 Å². The number of nitrogens with zero attached hydrogens (tertiary/aromatic N) is 2. The van der Waals surface area contributed by atoms with Gasteiger partial charge in [-0.3, -0.25) is 9.69 Å². The van der Waals surface area contributed by atoms with Crippen LogP contribution in [0, 0.1) is 0 Å². The third-order valence-electron chi connectivity index (χ3n) is 5.68. The van der Waals surface area contributed by atoms with Gasteiger partial charge in [-0.25, -0.2) is 27.6 Å². The number of amides is 1. The molecule has 1 amide bonds. The smallest absolute Gasteiger partial charge is 0.414 e. The van der Waals surface area contributed by atoms with Crippen LogP contribution < -0.4 is 10.6 Å². The molecule has 0 saturated carbocycles. The molecule has 2 aliphatic heterocycles. The molecule has 16 nitrogen and oxygen atoms in total. The zero-order valence-electron chi connectivity index (χ0n) is 21.8. The molecule has 1 aromatic carbocycles. The Morgan fingerprint density at radius 3 is 1.90 bits per heavy atom. The fourth-order valence-electron chi connectivity index (χ4n) is 3.75.